The predicted octanol–water partition coefficient (Wildman–Crippen LogP) is 1.80. The fraction of sp³-hybridized carbons (Fsp3) is 0.700. The summed E-state index contributed by atoms with van der Waals surface area (Å²) in [5.74, 6) is -0.199. The molecule has 3 nitrogen and oxygen atoms in total. The maximum Gasteiger partial charge on any atom is 0.341 e. The highest BCUT2D eigenvalue weighted by molar-refractivity contribution is 5.92. The van der Waals surface area contributed by atoms with E-state index in [1.54, 1.807) is 6.92 Å². The van der Waals surface area contributed by atoms with Crippen molar-refractivity contribution in [2.45, 2.75) is 27.7 Å². The van der Waals surface area contributed by atoms with E-state index in [0.29, 0.717) is 5.57 Å². The minimum Gasteiger partial charge on any atom is -0.430 e. The summed E-state index contributed by atoms with van der Waals surface area (Å²) in [6.45, 7) is 11.8. The summed E-state index contributed by atoms with van der Waals surface area (Å²) >= 11 is 0. The van der Waals surface area contributed by atoms with Crippen LogP contribution in [0.3, 0.4) is 0 Å². The van der Waals surface area contributed by atoms with Crippen LogP contribution in [0.25, 0.3) is 0 Å². The molecule has 3 heteroatoms. The number of cyclic esters (lactones) is 1. The van der Waals surface area contributed by atoms with E-state index in [1.807, 2.05) is 0 Å². The summed E-state index contributed by atoms with van der Waals surface area (Å²) < 4.78 is 4.24. The van der Waals surface area contributed by atoms with Crippen molar-refractivity contribution >= 4 is 5.97 Å². The normalized spacial score (nSPS) is 13.9. The standard InChI is InChI=1S/C6H15N.C4H4O2/c1-4-7(5-2)6-3;1-3-2-6-4(3)5/h4-6H2,1-3H3;2H,1H3. The van der Waals surface area contributed by atoms with Crippen molar-refractivity contribution in [3.05, 3.63) is 11.8 Å². The van der Waals surface area contributed by atoms with Crippen LogP contribution in [0, 0.1) is 0 Å². The van der Waals surface area contributed by atoms with Gasteiger partial charge in [-0.3, -0.25) is 0 Å². The fourth-order valence-electron chi connectivity index (χ4n) is 0.896. The monoisotopic (exact) mass is 185 g/mol. The lowest BCUT2D eigenvalue weighted by molar-refractivity contribution is -0.138. The zero-order valence-electron chi connectivity index (χ0n) is 8.96. The average Bonchev–Trinajstić information content (AvgIpc) is 2.19. The predicted molar refractivity (Wildman–Crippen MR) is 53.3 cm³/mol. The zero-order chi connectivity index (χ0) is 10.3. The van der Waals surface area contributed by atoms with Gasteiger partial charge in [-0.05, 0) is 26.6 Å². The third-order valence-corrected chi connectivity index (χ3v) is 2.01. The Bertz CT molecular complexity index is 178. The molecule has 0 aromatic heterocycles. The Morgan fingerprint density at radius 1 is 1.23 bits per heavy atom. The van der Waals surface area contributed by atoms with Gasteiger partial charge in [-0.2, -0.15) is 0 Å². The Labute approximate surface area is 80.4 Å². The Kier molecular flexibility index (Phi) is 6.24. The van der Waals surface area contributed by atoms with Gasteiger partial charge >= 0.3 is 5.97 Å². The van der Waals surface area contributed by atoms with Gasteiger partial charge in [0, 0.05) is 0 Å². The highest BCUT2D eigenvalue weighted by Gasteiger charge is 2.12. The lowest BCUT2D eigenvalue weighted by atomic mass is 10.3. The molecule has 76 valence electrons. The van der Waals surface area contributed by atoms with E-state index in [9.17, 15) is 4.79 Å². The summed E-state index contributed by atoms with van der Waals surface area (Å²) in [4.78, 5) is 12.3. The minimum absolute atomic E-state index is 0.199. The first kappa shape index (κ1) is 12.2. The molecule has 0 aliphatic carbocycles. The summed E-state index contributed by atoms with van der Waals surface area (Å²) in [5.41, 5.74) is 0.704. The number of ether oxygens (including phenoxy) is 1. The Morgan fingerprint density at radius 2 is 1.62 bits per heavy atom. The largest absolute Gasteiger partial charge is 0.430 e. The summed E-state index contributed by atoms with van der Waals surface area (Å²) in [6.07, 6.45) is 1.43. The van der Waals surface area contributed by atoms with Crippen LogP contribution in [-0.4, -0.2) is 30.5 Å². The maximum atomic E-state index is 9.94. The molecule has 0 saturated heterocycles. The molecule has 0 aromatic carbocycles. The first-order valence-corrected chi connectivity index (χ1v) is 4.75. The zero-order valence-corrected chi connectivity index (χ0v) is 8.96. The van der Waals surface area contributed by atoms with Crippen molar-refractivity contribution in [1.82, 2.24) is 4.90 Å². The minimum atomic E-state index is -0.199. The molecule has 0 spiro atoms. The molecular formula is C10H19NO2. The van der Waals surface area contributed by atoms with E-state index in [-0.39, 0.29) is 5.97 Å². The topological polar surface area (TPSA) is 29.5 Å². The molecule has 1 aliphatic heterocycles. The number of rotatable bonds is 3. The molecule has 13 heavy (non-hydrogen) atoms. The average molecular weight is 185 g/mol. The highest BCUT2D eigenvalue weighted by Crippen LogP contribution is 2.06. The number of carbonyl (C=O) groups is 1. The van der Waals surface area contributed by atoms with Crippen LogP contribution >= 0.6 is 0 Å². The van der Waals surface area contributed by atoms with Crippen LogP contribution in [-0.2, 0) is 9.53 Å². The van der Waals surface area contributed by atoms with Crippen LogP contribution in [0.1, 0.15) is 27.7 Å². The Balaban J connectivity index is 0.000000223. The second kappa shape index (κ2) is 6.66. The van der Waals surface area contributed by atoms with E-state index < -0.39 is 0 Å². The third kappa shape index (κ3) is 4.68. The van der Waals surface area contributed by atoms with Gasteiger partial charge in [0.15, 0.2) is 0 Å². The van der Waals surface area contributed by atoms with E-state index >= 15 is 0 Å². The van der Waals surface area contributed by atoms with Crippen molar-refractivity contribution in [3.8, 4) is 0 Å². The second-order valence-corrected chi connectivity index (χ2v) is 2.83. The molecule has 1 heterocycles. The van der Waals surface area contributed by atoms with Crippen LogP contribution < -0.4 is 0 Å². The molecule has 0 amide bonds. The molecule has 0 fully saturated rings. The molecule has 0 unspecified atom stereocenters. The Hall–Kier alpha value is -0.830. The van der Waals surface area contributed by atoms with Gasteiger partial charge < -0.3 is 9.64 Å². The molecule has 0 bridgehead atoms. The van der Waals surface area contributed by atoms with Gasteiger partial charge in [0.1, 0.15) is 6.26 Å². The molecular weight excluding hydrogens is 166 g/mol. The van der Waals surface area contributed by atoms with Gasteiger partial charge in [-0.1, -0.05) is 20.8 Å². The summed E-state index contributed by atoms with van der Waals surface area (Å²) in [5, 5.41) is 0. The van der Waals surface area contributed by atoms with Gasteiger partial charge in [-0.25, -0.2) is 4.79 Å². The van der Waals surface area contributed by atoms with Gasteiger partial charge in [-0.15, -0.1) is 0 Å². The number of hydrogen-bond donors (Lipinski definition) is 0. The van der Waals surface area contributed by atoms with Crippen molar-refractivity contribution in [2.75, 3.05) is 19.6 Å². The molecule has 0 aromatic rings. The van der Waals surface area contributed by atoms with E-state index in [0.717, 1.165) is 0 Å². The first-order valence-electron chi connectivity index (χ1n) is 4.75. The molecule has 1 aliphatic rings. The highest BCUT2D eigenvalue weighted by atomic mass is 16.5. The fourth-order valence-corrected chi connectivity index (χ4v) is 0.896. The van der Waals surface area contributed by atoms with Crippen LogP contribution in [0.5, 0.6) is 0 Å². The smallest absolute Gasteiger partial charge is 0.341 e. The number of carbonyl (C=O) groups excluding carboxylic acids is 1. The lowest BCUT2D eigenvalue weighted by Gasteiger charge is -2.13. The SMILES string of the molecule is CC1=COC1=O.CCN(CC)CC. The van der Waals surface area contributed by atoms with Crippen LogP contribution in [0.4, 0.5) is 0 Å². The molecule has 0 saturated carbocycles. The van der Waals surface area contributed by atoms with Gasteiger partial charge in [0.25, 0.3) is 0 Å². The second-order valence-electron chi connectivity index (χ2n) is 2.83. The number of esters is 1. The quantitative estimate of drug-likeness (QED) is 0.628. The van der Waals surface area contributed by atoms with Crippen molar-refractivity contribution < 1.29 is 9.53 Å². The Morgan fingerprint density at radius 3 is 1.62 bits per heavy atom. The molecule has 0 atom stereocenters. The van der Waals surface area contributed by atoms with Gasteiger partial charge in [0.2, 0.25) is 0 Å². The molecule has 1 rings (SSSR count). The molecule has 0 N–H and O–H groups in total. The lowest BCUT2D eigenvalue weighted by Crippen LogP contribution is -2.21. The van der Waals surface area contributed by atoms with Crippen molar-refractivity contribution in [3.63, 3.8) is 0 Å². The van der Waals surface area contributed by atoms with Crippen molar-refractivity contribution in [2.24, 2.45) is 0 Å². The summed E-state index contributed by atoms with van der Waals surface area (Å²) in [6, 6.07) is 0. The van der Waals surface area contributed by atoms with Crippen molar-refractivity contribution in [1.29, 1.82) is 0 Å². The van der Waals surface area contributed by atoms with E-state index in [4.69, 9.17) is 0 Å². The molecule has 0 radical (unpaired) electrons. The third-order valence-electron chi connectivity index (χ3n) is 2.01. The number of hydrogen-bond acceptors (Lipinski definition) is 3. The van der Waals surface area contributed by atoms with Gasteiger partial charge in [0.05, 0.1) is 5.57 Å². The van der Waals surface area contributed by atoms with E-state index in [1.165, 1.54) is 25.9 Å². The van der Waals surface area contributed by atoms with Crippen LogP contribution in [0.15, 0.2) is 11.8 Å². The maximum absolute atomic E-state index is 9.94. The first-order chi connectivity index (χ1) is 6.15. The van der Waals surface area contributed by atoms with E-state index in [2.05, 4.69) is 30.4 Å². The van der Waals surface area contributed by atoms with Crippen LogP contribution in [0.2, 0.25) is 0 Å². The summed E-state index contributed by atoms with van der Waals surface area (Å²) in [7, 11) is 0. The number of nitrogens with zero attached hydrogens (tertiary/aromatic N) is 1.